The Morgan fingerprint density at radius 2 is 2.04 bits per heavy atom. The molecule has 2 aromatic carbocycles. The molecular weight excluding hydrogens is 372 g/mol. The first-order chi connectivity index (χ1) is 11.2. The SMILES string of the molecule is CCCCS(=O)/N=C(\c1cccc(Br)c1)c1ccccc1C#N. The zero-order valence-corrected chi connectivity index (χ0v) is 15.2. The number of halogens is 1. The third-order valence-corrected chi connectivity index (χ3v) is 4.78. The van der Waals surface area contributed by atoms with Gasteiger partial charge in [0.2, 0.25) is 0 Å². The van der Waals surface area contributed by atoms with Crippen molar-refractivity contribution in [3.05, 3.63) is 69.7 Å². The summed E-state index contributed by atoms with van der Waals surface area (Å²) in [6, 6.07) is 17.1. The van der Waals surface area contributed by atoms with Crippen molar-refractivity contribution in [1.29, 1.82) is 5.26 Å². The molecule has 0 amide bonds. The molecule has 23 heavy (non-hydrogen) atoms. The van der Waals surface area contributed by atoms with Crippen LogP contribution in [0.15, 0.2) is 57.4 Å². The van der Waals surface area contributed by atoms with Gasteiger partial charge in [0.1, 0.15) is 11.0 Å². The van der Waals surface area contributed by atoms with Crippen molar-refractivity contribution >= 4 is 32.6 Å². The quantitative estimate of drug-likeness (QED) is 0.677. The first-order valence-corrected chi connectivity index (χ1v) is 9.45. The highest BCUT2D eigenvalue weighted by atomic mass is 79.9. The van der Waals surface area contributed by atoms with Gasteiger partial charge in [-0.05, 0) is 24.6 Å². The molecule has 0 heterocycles. The van der Waals surface area contributed by atoms with Crippen molar-refractivity contribution < 1.29 is 4.21 Å². The topological polar surface area (TPSA) is 53.2 Å². The molecule has 0 aliphatic heterocycles. The Hall–Kier alpha value is -1.77. The summed E-state index contributed by atoms with van der Waals surface area (Å²) in [5, 5.41) is 9.35. The van der Waals surface area contributed by atoms with Crippen molar-refractivity contribution in [1.82, 2.24) is 0 Å². The third-order valence-electron chi connectivity index (χ3n) is 3.27. The molecule has 1 atom stereocenters. The number of hydrogen-bond acceptors (Lipinski definition) is 2. The maximum atomic E-state index is 12.3. The predicted octanol–water partition coefficient (Wildman–Crippen LogP) is 4.62. The Morgan fingerprint density at radius 1 is 1.26 bits per heavy atom. The van der Waals surface area contributed by atoms with Crippen LogP contribution in [0, 0.1) is 11.3 Å². The third kappa shape index (κ3) is 4.85. The van der Waals surface area contributed by atoms with Gasteiger partial charge in [-0.15, -0.1) is 0 Å². The van der Waals surface area contributed by atoms with E-state index in [9.17, 15) is 9.47 Å². The Bertz CT molecular complexity index is 781. The summed E-state index contributed by atoms with van der Waals surface area (Å²) < 4.78 is 17.6. The largest absolute Gasteiger partial charge is 0.235 e. The molecule has 0 radical (unpaired) electrons. The molecule has 0 saturated carbocycles. The minimum absolute atomic E-state index is 0.527. The summed E-state index contributed by atoms with van der Waals surface area (Å²) in [7, 11) is -1.30. The van der Waals surface area contributed by atoms with Gasteiger partial charge in [0.25, 0.3) is 0 Å². The lowest BCUT2D eigenvalue weighted by molar-refractivity contribution is 0.681. The van der Waals surface area contributed by atoms with Crippen molar-refractivity contribution in [2.24, 2.45) is 4.40 Å². The minimum atomic E-state index is -1.30. The molecule has 0 aromatic heterocycles. The van der Waals surface area contributed by atoms with Crippen LogP contribution in [0.5, 0.6) is 0 Å². The molecule has 0 bridgehead atoms. The molecule has 0 aliphatic carbocycles. The molecule has 1 unspecified atom stereocenters. The Balaban J connectivity index is 2.54. The zero-order chi connectivity index (χ0) is 16.7. The van der Waals surface area contributed by atoms with Crippen LogP contribution < -0.4 is 0 Å². The highest BCUT2D eigenvalue weighted by molar-refractivity contribution is 9.10. The van der Waals surface area contributed by atoms with Crippen LogP contribution in [0.25, 0.3) is 0 Å². The van der Waals surface area contributed by atoms with Gasteiger partial charge in [0.15, 0.2) is 0 Å². The van der Waals surface area contributed by atoms with Crippen LogP contribution >= 0.6 is 15.9 Å². The van der Waals surface area contributed by atoms with Gasteiger partial charge in [0, 0.05) is 21.4 Å². The van der Waals surface area contributed by atoms with Gasteiger partial charge in [-0.2, -0.15) is 9.66 Å². The molecule has 0 spiro atoms. The van der Waals surface area contributed by atoms with Gasteiger partial charge in [0.05, 0.1) is 17.3 Å². The fraction of sp³-hybridized carbons (Fsp3) is 0.222. The fourth-order valence-corrected chi connectivity index (χ4v) is 3.53. The van der Waals surface area contributed by atoms with E-state index >= 15 is 0 Å². The smallest absolute Gasteiger partial charge is 0.139 e. The molecule has 5 heteroatoms. The van der Waals surface area contributed by atoms with Crippen molar-refractivity contribution in [3.8, 4) is 6.07 Å². The van der Waals surface area contributed by atoms with Crippen LogP contribution in [0.2, 0.25) is 0 Å². The first kappa shape index (κ1) is 17.6. The van der Waals surface area contributed by atoms with Crippen molar-refractivity contribution in [2.45, 2.75) is 19.8 Å². The zero-order valence-electron chi connectivity index (χ0n) is 12.8. The summed E-state index contributed by atoms with van der Waals surface area (Å²) >= 11 is 3.45. The van der Waals surface area contributed by atoms with Crippen molar-refractivity contribution in [2.75, 3.05) is 5.75 Å². The van der Waals surface area contributed by atoms with E-state index in [4.69, 9.17) is 0 Å². The molecule has 0 N–H and O–H groups in total. The lowest BCUT2D eigenvalue weighted by Crippen LogP contribution is -2.08. The molecule has 0 aliphatic rings. The van der Waals surface area contributed by atoms with E-state index in [2.05, 4.69) is 33.3 Å². The van der Waals surface area contributed by atoms with Crippen LogP contribution in [-0.4, -0.2) is 15.7 Å². The molecule has 2 aromatic rings. The van der Waals surface area contributed by atoms with E-state index in [0.29, 0.717) is 22.6 Å². The lowest BCUT2D eigenvalue weighted by atomic mass is 9.98. The monoisotopic (exact) mass is 388 g/mol. The summed E-state index contributed by atoms with van der Waals surface area (Å²) in [6.07, 6.45) is 1.84. The van der Waals surface area contributed by atoms with Crippen LogP contribution in [0.4, 0.5) is 0 Å². The Labute approximate surface area is 147 Å². The number of nitriles is 1. The number of benzene rings is 2. The second-order valence-electron chi connectivity index (χ2n) is 4.99. The number of rotatable bonds is 6. The van der Waals surface area contributed by atoms with Gasteiger partial charge < -0.3 is 0 Å². The number of nitrogens with zero attached hydrogens (tertiary/aromatic N) is 2. The predicted molar refractivity (Wildman–Crippen MR) is 98.9 cm³/mol. The summed E-state index contributed by atoms with van der Waals surface area (Å²) in [5.41, 5.74) is 2.67. The van der Waals surface area contributed by atoms with Crippen molar-refractivity contribution in [3.63, 3.8) is 0 Å². The van der Waals surface area contributed by atoms with E-state index in [-0.39, 0.29) is 0 Å². The van der Waals surface area contributed by atoms with E-state index in [0.717, 1.165) is 22.9 Å². The van der Waals surface area contributed by atoms with Gasteiger partial charge in [-0.3, -0.25) is 0 Å². The molecular formula is C18H17BrN2OS. The fourth-order valence-electron chi connectivity index (χ4n) is 2.10. The lowest BCUT2D eigenvalue weighted by Gasteiger charge is -2.09. The number of hydrogen-bond donors (Lipinski definition) is 0. The second-order valence-corrected chi connectivity index (χ2v) is 7.14. The summed E-state index contributed by atoms with van der Waals surface area (Å²) in [4.78, 5) is 0. The maximum Gasteiger partial charge on any atom is 0.139 e. The van der Waals surface area contributed by atoms with Gasteiger partial charge in [-0.1, -0.05) is 59.6 Å². The molecule has 3 nitrogen and oxygen atoms in total. The van der Waals surface area contributed by atoms with Crippen LogP contribution in [0.3, 0.4) is 0 Å². The van der Waals surface area contributed by atoms with E-state index < -0.39 is 11.0 Å². The minimum Gasteiger partial charge on any atom is -0.235 e. The molecule has 0 saturated heterocycles. The Morgan fingerprint density at radius 3 is 2.74 bits per heavy atom. The normalized spacial score (nSPS) is 12.7. The molecule has 2 rings (SSSR count). The first-order valence-electron chi connectivity index (χ1n) is 7.38. The average molecular weight is 389 g/mol. The van der Waals surface area contributed by atoms with Gasteiger partial charge in [-0.25, -0.2) is 4.21 Å². The van der Waals surface area contributed by atoms with E-state index in [1.54, 1.807) is 6.07 Å². The van der Waals surface area contributed by atoms with Crippen LogP contribution in [-0.2, 0) is 11.0 Å². The highest BCUT2D eigenvalue weighted by Gasteiger charge is 2.13. The van der Waals surface area contributed by atoms with Crippen LogP contribution in [0.1, 0.15) is 36.5 Å². The summed E-state index contributed by atoms with van der Waals surface area (Å²) in [6.45, 7) is 2.06. The Kier molecular flexibility index (Phi) is 6.69. The van der Waals surface area contributed by atoms with E-state index in [1.165, 1.54) is 0 Å². The number of unbranched alkanes of at least 4 members (excludes halogenated alkanes) is 1. The molecule has 118 valence electrons. The van der Waals surface area contributed by atoms with Gasteiger partial charge >= 0.3 is 0 Å². The summed E-state index contributed by atoms with van der Waals surface area (Å²) in [5.74, 6) is 0.530. The highest BCUT2D eigenvalue weighted by Crippen LogP contribution is 2.19. The average Bonchev–Trinajstić information content (AvgIpc) is 2.57. The van der Waals surface area contributed by atoms with E-state index in [1.807, 2.05) is 42.5 Å². The second kappa shape index (κ2) is 8.76. The maximum absolute atomic E-state index is 12.3. The standard InChI is InChI=1S/C18H17BrN2OS/c1-2-3-11-23(22)21-18(14-8-6-9-16(19)12-14)17-10-5-4-7-15(17)13-20/h4-10,12H,2-3,11H2,1H3/b21-18+. The molecule has 0 fully saturated rings.